The van der Waals surface area contributed by atoms with E-state index >= 15 is 0 Å². The summed E-state index contributed by atoms with van der Waals surface area (Å²) >= 11 is 0. The highest BCUT2D eigenvalue weighted by molar-refractivity contribution is 7.52. The van der Waals surface area contributed by atoms with E-state index in [2.05, 4.69) is 4.98 Å². The quantitative estimate of drug-likeness (QED) is 0.720. The second-order valence-corrected chi connectivity index (χ2v) is 6.92. The van der Waals surface area contributed by atoms with Crippen molar-refractivity contribution in [3.05, 3.63) is 66.0 Å². The van der Waals surface area contributed by atoms with Gasteiger partial charge in [0.1, 0.15) is 0 Å². The number of aryl methyl sites for hydroxylation is 1. The molecular formula is C16H18NO5P. The molecule has 0 spiro atoms. The van der Waals surface area contributed by atoms with Crippen LogP contribution in [0.1, 0.15) is 17.5 Å². The fraction of sp³-hybridized carbons (Fsp3) is 0.250. The van der Waals surface area contributed by atoms with Gasteiger partial charge in [-0.1, -0.05) is 36.4 Å². The maximum Gasteiger partial charge on any atom is 0.333 e. The van der Waals surface area contributed by atoms with E-state index in [1.54, 1.807) is 48.8 Å². The van der Waals surface area contributed by atoms with Gasteiger partial charge in [-0.15, -0.1) is 0 Å². The lowest BCUT2D eigenvalue weighted by atomic mass is 10.1. The zero-order valence-corrected chi connectivity index (χ0v) is 13.3. The van der Waals surface area contributed by atoms with E-state index in [4.69, 9.17) is 4.52 Å². The van der Waals surface area contributed by atoms with Gasteiger partial charge in [-0.05, 0) is 30.0 Å². The van der Waals surface area contributed by atoms with E-state index in [0.717, 1.165) is 5.56 Å². The lowest BCUT2D eigenvalue weighted by Gasteiger charge is -2.18. The molecule has 0 radical (unpaired) electrons. The predicted octanol–water partition coefficient (Wildman–Crippen LogP) is 2.87. The van der Waals surface area contributed by atoms with Crippen molar-refractivity contribution in [2.24, 2.45) is 0 Å². The van der Waals surface area contributed by atoms with Crippen LogP contribution in [0.3, 0.4) is 0 Å². The van der Waals surface area contributed by atoms with Crippen LogP contribution in [0.2, 0.25) is 0 Å². The van der Waals surface area contributed by atoms with Crippen LogP contribution >= 0.6 is 7.60 Å². The molecule has 0 aliphatic heterocycles. The second kappa shape index (κ2) is 8.02. The molecule has 2 aromatic rings. The number of carboxylic acid groups (broad SMARTS) is 1. The predicted molar refractivity (Wildman–Crippen MR) is 85.0 cm³/mol. The van der Waals surface area contributed by atoms with Gasteiger partial charge in [0.05, 0.1) is 6.16 Å². The van der Waals surface area contributed by atoms with Gasteiger partial charge in [0.25, 0.3) is 0 Å². The number of carbonyl (C=O) groups is 1. The Morgan fingerprint density at radius 1 is 1.17 bits per heavy atom. The van der Waals surface area contributed by atoms with Crippen molar-refractivity contribution in [1.82, 2.24) is 4.98 Å². The molecule has 0 aliphatic rings. The van der Waals surface area contributed by atoms with Gasteiger partial charge in [-0.25, -0.2) is 4.79 Å². The Bertz CT molecular complexity index is 677. The van der Waals surface area contributed by atoms with Gasteiger partial charge in [-0.2, -0.15) is 0 Å². The molecular weight excluding hydrogens is 317 g/mol. The summed E-state index contributed by atoms with van der Waals surface area (Å²) in [4.78, 5) is 25.2. The van der Waals surface area contributed by atoms with Crippen molar-refractivity contribution in [2.45, 2.75) is 25.1 Å². The molecule has 7 heteroatoms. The first-order chi connectivity index (χ1) is 11.0. The third kappa shape index (κ3) is 5.94. The molecule has 2 atom stereocenters. The SMILES string of the molecule is O=C(O)C(CCc1cccnc1)OP(=O)(O)Cc1ccccc1. The van der Waals surface area contributed by atoms with Crippen molar-refractivity contribution in [3.63, 3.8) is 0 Å². The number of hydrogen-bond acceptors (Lipinski definition) is 4. The molecule has 0 saturated carbocycles. The largest absolute Gasteiger partial charge is 0.479 e. The Kier molecular flexibility index (Phi) is 6.04. The van der Waals surface area contributed by atoms with Gasteiger partial charge in [0.15, 0.2) is 6.10 Å². The average molecular weight is 335 g/mol. The molecule has 2 N–H and O–H groups in total. The molecule has 1 aromatic carbocycles. The topological polar surface area (TPSA) is 96.7 Å². The number of hydrogen-bond donors (Lipinski definition) is 2. The first kappa shape index (κ1) is 17.3. The highest BCUT2D eigenvalue weighted by Gasteiger charge is 2.29. The van der Waals surface area contributed by atoms with E-state index in [-0.39, 0.29) is 12.6 Å². The monoisotopic (exact) mass is 335 g/mol. The van der Waals surface area contributed by atoms with Crippen LogP contribution in [-0.4, -0.2) is 27.1 Å². The van der Waals surface area contributed by atoms with Crippen molar-refractivity contribution < 1.29 is 23.9 Å². The summed E-state index contributed by atoms with van der Waals surface area (Å²) < 4.78 is 17.2. The summed E-state index contributed by atoms with van der Waals surface area (Å²) in [5.74, 6) is -1.25. The summed E-state index contributed by atoms with van der Waals surface area (Å²) in [6.45, 7) is 0. The molecule has 0 fully saturated rings. The summed E-state index contributed by atoms with van der Waals surface area (Å²) in [6, 6.07) is 12.2. The maximum atomic E-state index is 12.2. The normalized spacial score (nSPS) is 14.8. The van der Waals surface area contributed by atoms with Crippen LogP contribution in [-0.2, 0) is 26.5 Å². The number of benzene rings is 1. The fourth-order valence-corrected chi connectivity index (χ4v) is 3.46. The van der Waals surface area contributed by atoms with Gasteiger partial charge in [0.2, 0.25) is 0 Å². The van der Waals surface area contributed by atoms with E-state index in [9.17, 15) is 19.4 Å². The molecule has 0 saturated heterocycles. The van der Waals surface area contributed by atoms with Crippen molar-refractivity contribution in [3.8, 4) is 0 Å². The molecule has 6 nitrogen and oxygen atoms in total. The van der Waals surface area contributed by atoms with Gasteiger partial charge >= 0.3 is 13.6 Å². The third-order valence-corrected chi connectivity index (χ3v) is 4.56. The Morgan fingerprint density at radius 2 is 1.87 bits per heavy atom. The maximum absolute atomic E-state index is 12.2. The minimum Gasteiger partial charge on any atom is -0.479 e. The Labute approximate surface area is 134 Å². The Hall–Kier alpha value is -2.01. The van der Waals surface area contributed by atoms with Crippen LogP contribution in [0.25, 0.3) is 0 Å². The summed E-state index contributed by atoms with van der Waals surface area (Å²) in [5.41, 5.74) is 1.47. The van der Waals surface area contributed by atoms with Crippen LogP contribution in [0.4, 0.5) is 0 Å². The highest BCUT2D eigenvalue weighted by atomic mass is 31.2. The Balaban J connectivity index is 1.98. The fourth-order valence-electron chi connectivity index (χ4n) is 2.12. The molecule has 1 aromatic heterocycles. The van der Waals surface area contributed by atoms with E-state index in [0.29, 0.717) is 12.0 Å². The van der Waals surface area contributed by atoms with Crippen LogP contribution < -0.4 is 0 Å². The Morgan fingerprint density at radius 3 is 2.48 bits per heavy atom. The van der Waals surface area contributed by atoms with Crippen molar-refractivity contribution in [1.29, 1.82) is 0 Å². The number of pyridine rings is 1. The minimum absolute atomic E-state index is 0.0976. The molecule has 2 rings (SSSR count). The number of carboxylic acids is 1. The van der Waals surface area contributed by atoms with Gasteiger partial charge < -0.3 is 10.00 Å². The first-order valence-electron chi connectivity index (χ1n) is 7.12. The van der Waals surface area contributed by atoms with Gasteiger partial charge in [-0.3, -0.25) is 14.1 Å². The number of aliphatic carboxylic acids is 1. The number of nitrogens with zero attached hydrogens (tertiary/aromatic N) is 1. The number of aromatic nitrogens is 1. The number of rotatable bonds is 8. The van der Waals surface area contributed by atoms with Crippen molar-refractivity contribution in [2.75, 3.05) is 0 Å². The van der Waals surface area contributed by atoms with Crippen molar-refractivity contribution >= 4 is 13.6 Å². The highest BCUT2D eigenvalue weighted by Crippen LogP contribution is 2.47. The zero-order chi connectivity index (χ0) is 16.7. The summed E-state index contributed by atoms with van der Waals surface area (Å²) in [5, 5.41) is 9.21. The minimum atomic E-state index is -4.04. The third-order valence-electron chi connectivity index (χ3n) is 3.21. The molecule has 23 heavy (non-hydrogen) atoms. The van der Waals surface area contributed by atoms with E-state index in [1.807, 2.05) is 6.07 Å². The molecule has 0 bridgehead atoms. The van der Waals surface area contributed by atoms with Crippen LogP contribution in [0, 0.1) is 0 Å². The lowest BCUT2D eigenvalue weighted by molar-refractivity contribution is -0.145. The molecule has 1 heterocycles. The molecule has 122 valence electrons. The average Bonchev–Trinajstić information content (AvgIpc) is 2.52. The van der Waals surface area contributed by atoms with E-state index in [1.165, 1.54) is 0 Å². The molecule has 2 unspecified atom stereocenters. The van der Waals surface area contributed by atoms with E-state index < -0.39 is 19.7 Å². The van der Waals surface area contributed by atoms with Crippen LogP contribution in [0.15, 0.2) is 54.9 Å². The smallest absolute Gasteiger partial charge is 0.333 e. The molecule has 0 amide bonds. The zero-order valence-electron chi connectivity index (χ0n) is 12.4. The summed E-state index contributed by atoms with van der Waals surface area (Å²) in [7, 11) is -4.04. The van der Waals surface area contributed by atoms with Crippen LogP contribution in [0.5, 0.6) is 0 Å². The lowest BCUT2D eigenvalue weighted by Crippen LogP contribution is -2.23. The molecule has 0 aliphatic carbocycles. The second-order valence-electron chi connectivity index (χ2n) is 5.11. The first-order valence-corrected chi connectivity index (χ1v) is 8.88. The summed E-state index contributed by atoms with van der Waals surface area (Å²) in [6.07, 6.45) is 2.19. The van der Waals surface area contributed by atoms with Gasteiger partial charge in [0, 0.05) is 12.4 Å². The standard InChI is InChI=1S/C16H18NO5P/c18-16(19)15(9-8-13-7-4-10-17-11-13)22-23(20,21)12-14-5-2-1-3-6-14/h1-7,10-11,15H,8-9,12H2,(H,18,19)(H,20,21).